The van der Waals surface area contributed by atoms with E-state index in [0.717, 1.165) is 30.9 Å². The standard InChI is InChI=1S/C14H21ClN2O/c1-14(7-2-3-8-18-14)13(17-16)10-11-5-4-6-12(15)9-11/h4-6,9,13,17H,2-3,7-8,10,16H2,1H3. The van der Waals surface area contributed by atoms with E-state index in [1.54, 1.807) is 0 Å². The van der Waals surface area contributed by atoms with Crippen molar-refractivity contribution in [1.29, 1.82) is 0 Å². The van der Waals surface area contributed by atoms with Crippen molar-refractivity contribution in [3.8, 4) is 0 Å². The molecule has 1 aliphatic rings. The third-order valence-electron chi connectivity index (χ3n) is 3.77. The Morgan fingerprint density at radius 2 is 2.33 bits per heavy atom. The summed E-state index contributed by atoms with van der Waals surface area (Å²) in [5.74, 6) is 5.71. The highest BCUT2D eigenvalue weighted by molar-refractivity contribution is 6.30. The van der Waals surface area contributed by atoms with E-state index >= 15 is 0 Å². The predicted octanol–water partition coefficient (Wildman–Crippen LogP) is 2.67. The number of nitrogens with one attached hydrogen (secondary N) is 1. The zero-order valence-corrected chi connectivity index (χ0v) is 11.5. The Balaban J connectivity index is 2.09. The number of hydrogen-bond donors (Lipinski definition) is 2. The number of halogens is 1. The van der Waals surface area contributed by atoms with Gasteiger partial charge >= 0.3 is 0 Å². The molecular weight excluding hydrogens is 248 g/mol. The van der Waals surface area contributed by atoms with Crippen LogP contribution in [0, 0.1) is 0 Å². The lowest BCUT2D eigenvalue weighted by Gasteiger charge is -2.40. The number of ether oxygens (including phenoxy) is 1. The summed E-state index contributed by atoms with van der Waals surface area (Å²) in [7, 11) is 0. The van der Waals surface area contributed by atoms with Crippen LogP contribution in [0.2, 0.25) is 5.02 Å². The lowest BCUT2D eigenvalue weighted by Crippen LogP contribution is -2.55. The minimum Gasteiger partial charge on any atom is -0.374 e. The Morgan fingerprint density at radius 3 is 2.94 bits per heavy atom. The van der Waals surface area contributed by atoms with E-state index < -0.39 is 0 Å². The maximum absolute atomic E-state index is 6.01. The van der Waals surface area contributed by atoms with E-state index in [-0.39, 0.29) is 11.6 Å². The quantitative estimate of drug-likeness (QED) is 0.652. The molecule has 3 nitrogen and oxygen atoms in total. The molecular formula is C14H21ClN2O. The monoisotopic (exact) mass is 268 g/mol. The van der Waals surface area contributed by atoms with Crippen LogP contribution in [0.1, 0.15) is 31.7 Å². The molecule has 1 aromatic carbocycles. The van der Waals surface area contributed by atoms with Gasteiger partial charge in [0.25, 0.3) is 0 Å². The molecule has 3 N–H and O–H groups in total. The van der Waals surface area contributed by atoms with Gasteiger partial charge in [-0.05, 0) is 50.3 Å². The lowest BCUT2D eigenvalue weighted by molar-refractivity contribution is -0.0884. The third-order valence-corrected chi connectivity index (χ3v) is 4.00. The molecule has 0 aromatic heterocycles. The van der Waals surface area contributed by atoms with Crippen LogP contribution in [-0.4, -0.2) is 18.2 Å². The van der Waals surface area contributed by atoms with Gasteiger partial charge in [0.1, 0.15) is 0 Å². The summed E-state index contributed by atoms with van der Waals surface area (Å²) in [4.78, 5) is 0. The predicted molar refractivity (Wildman–Crippen MR) is 74.5 cm³/mol. The number of hydrazine groups is 1. The molecule has 1 aliphatic heterocycles. The summed E-state index contributed by atoms with van der Waals surface area (Å²) >= 11 is 6.01. The van der Waals surface area contributed by atoms with Crippen LogP contribution >= 0.6 is 11.6 Å². The maximum Gasteiger partial charge on any atom is 0.0823 e. The van der Waals surface area contributed by atoms with Gasteiger partial charge in [-0.25, -0.2) is 0 Å². The molecule has 0 bridgehead atoms. The number of nitrogens with two attached hydrogens (primary N) is 1. The van der Waals surface area contributed by atoms with E-state index in [9.17, 15) is 0 Å². The van der Waals surface area contributed by atoms with Gasteiger partial charge in [0.2, 0.25) is 0 Å². The highest BCUT2D eigenvalue weighted by Crippen LogP contribution is 2.29. The molecule has 1 heterocycles. The first-order valence-corrected chi connectivity index (χ1v) is 6.86. The van der Waals surface area contributed by atoms with Crippen molar-refractivity contribution in [2.45, 2.75) is 44.2 Å². The van der Waals surface area contributed by atoms with Gasteiger partial charge in [-0.15, -0.1) is 0 Å². The molecule has 0 radical (unpaired) electrons. The molecule has 1 aromatic rings. The lowest BCUT2D eigenvalue weighted by atomic mass is 9.85. The van der Waals surface area contributed by atoms with Crippen molar-refractivity contribution in [2.24, 2.45) is 5.84 Å². The zero-order valence-electron chi connectivity index (χ0n) is 10.8. The second-order valence-corrected chi connectivity index (χ2v) is 5.61. The average Bonchev–Trinajstić information content (AvgIpc) is 2.37. The molecule has 4 heteroatoms. The normalized spacial score (nSPS) is 25.9. The Bertz CT molecular complexity index is 391. The van der Waals surface area contributed by atoms with Crippen LogP contribution in [0.15, 0.2) is 24.3 Å². The van der Waals surface area contributed by atoms with Crippen LogP contribution in [0.25, 0.3) is 0 Å². The van der Waals surface area contributed by atoms with Crippen LogP contribution in [0.5, 0.6) is 0 Å². The summed E-state index contributed by atoms with van der Waals surface area (Å²) in [6.45, 7) is 2.96. The average molecular weight is 269 g/mol. The molecule has 2 unspecified atom stereocenters. The molecule has 2 rings (SSSR count). The van der Waals surface area contributed by atoms with Gasteiger partial charge in [0.15, 0.2) is 0 Å². The molecule has 2 atom stereocenters. The topological polar surface area (TPSA) is 47.3 Å². The Hall–Kier alpha value is -0.610. The number of rotatable bonds is 4. The summed E-state index contributed by atoms with van der Waals surface area (Å²) in [6, 6.07) is 8.01. The van der Waals surface area contributed by atoms with Crippen molar-refractivity contribution in [2.75, 3.05) is 6.61 Å². The summed E-state index contributed by atoms with van der Waals surface area (Å²) in [5.41, 5.74) is 3.91. The molecule has 0 spiro atoms. The second-order valence-electron chi connectivity index (χ2n) is 5.17. The second kappa shape index (κ2) is 6.02. The Kier molecular flexibility index (Phi) is 4.62. The first-order chi connectivity index (χ1) is 8.64. The minimum absolute atomic E-state index is 0.108. The van der Waals surface area contributed by atoms with Gasteiger partial charge < -0.3 is 4.74 Å². The van der Waals surface area contributed by atoms with Crippen molar-refractivity contribution < 1.29 is 4.74 Å². The van der Waals surface area contributed by atoms with Gasteiger partial charge in [-0.2, -0.15) is 0 Å². The van der Waals surface area contributed by atoms with Crippen LogP contribution < -0.4 is 11.3 Å². The van der Waals surface area contributed by atoms with Crippen LogP contribution in [-0.2, 0) is 11.2 Å². The largest absolute Gasteiger partial charge is 0.374 e. The van der Waals surface area contributed by atoms with Crippen molar-refractivity contribution in [3.05, 3.63) is 34.9 Å². The number of benzene rings is 1. The molecule has 0 amide bonds. The van der Waals surface area contributed by atoms with Crippen molar-refractivity contribution >= 4 is 11.6 Å². The zero-order chi connectivity index (χ0) is 13.0. The highest BCUT2D eigenvalue weighted by atomic mass is 35.5. The summed E-state index contributed by atoms with van der Waals surface area (Å²) in [6.07, 6.45) is 4.21. The van der Waals surface area contributed by atoms with Crippen LogP contribution in [0.3, 0.4) is 0 Å². The summed E-state index contributed by atoms with van der Waals surface area (Å²) < 4.78 is 5.95. The molecule has 0 saturated carbocycles. The molecule has 1 saturated heterocycles. The van der Waals surface area contributed by atoms with E-state index in [4.69, 9.17) is 22.2 Å². The van der Waals surface area contributed by atoms with Crippen LogP contribution in [0.4, 0.5) is 0 Å². The van der Waals surface area contributed by atoms with Crippen molar-refractivity contribution in [3.63, 3.8) is 0 Å². The van der Waals surface area contributed by atoms with E-state index in [1.807, 2.05) is 18.2 Å². The molecule has 100 valence electrons. The van der Waals surface area contributed by atoms with Gasteiger partial charge in [0.05, 0.1) is 11.6 Å². The van der Waals surface area contributed by atoms with E-state index in [1.165, 1.54) is 12.0 Å². The third kappa shape index (κ3) is 3.23. The Morgan fingerprint density at radius 1 is 1.50 bits per heavy atom. The SMILES string of the molecule is CC1(C(Cc2cccc(Cl)c2)NN)CCCCO1. The first-order valence-electron chi connectivity index (χ1n) is 6.48. The first kappa shape index (κ1) is 13.8. The number of hydrogen-bond acceptors (Lipinski definition) is 3. The fraction of sp³-hybridized carbons (Fsp3) is 0.571. The molecule has 1 fully saturated rings. The summed E-state index contributed by atoms with van der Waals surface area (Å²) in [5, 5.41) is 0.762. The van der Waals surface area contributed by atoms with Gasteiger partial charge in [0, 0.05) is 11.6 Å². The van der Waals surface area contributed by atoms with Gasteiger partial charge in [-0.3, -0.25) is 11.3 Å². The van der Waals surface area contributed by atoms with E-state index in [0.29, 0.717) is 0 Å². The fourth-order valence-corrected chi connectivity index (χ4v) is 2.79. The highest BCUT2D eigenvalue weighted by Gasteiger charge is 2.36. The molecule has 18 heavy (non-hydrogen) atoms. The minimum atomic E-state index is -0.185. The van der Waals surface area contributed by atoms with E-state index in [2.05, 4.69) is 18.4 Å². The Labute approximate surface area is 114 Å². The van der Waals surface area contributed by atoms with Gasteiger partial charge in [-0.1, -0.05) is 23.7 Å². The smallest absolute Gasteiger partial charge is 0.0823 e. The molecule has 0 aliphatic carbocycles. The maximum atomic E-state index is 6.01. The fourth-order valence-electron chi connectivity index (χ4n) is 2.58. The van der Waals surface area contributed by atoms with Crippen molar-refractivity contribution in [1.82, 2.24) is 5.43 Å².